The van der Waals surface area contributed by atoms with Crippen LogP contribution in [0.5, 0.6) is 23.0 Å². The number of rotatable bonds is 10. The van der Waals surface area contributed by atoms with Crippen LogP contribution in [0.25, 0.3) is 0 Å². The molecule has 3 atom stereocenters. The van der Waals surface area contributed by atoms with Gasteiger partial charge < -0.3 is 44.3 Å². The highest BCUT2D eigenvalue weighted by Crippen LogP contribution is 2.59. The maximum Gasteiger partial charge on any atom is 0.258 e. The van der Waals surface area contributed by atoms with Crippen LogP contribution in [-0.2, 0) is 0 Å². The van der Waals surface area contributed by atoms with Crippen LogP contribution in [0.4, 0.5) is 11.4 Å². The molecule has 2 saturated carbocycles. The molecule has 4 heterocycles. The number of fused-ring (bicyclic) bond motifs is 4. The minimum absolute atomic E-state index is 0.00457. The lowest BCUT2D eigenvalue weighted by Crippen LogP contribution is -2.56. The van der Waals surface area contributed by atoms with Gasteiger partial charge in [0.1, 0.15) is 0 Å². The summed E-state index contributed by atoms with van der Waals surface area (Å²) >= 11 is 0. The number of nitrogens with one attached hydrogen (secondary N) is 1. The molecule has 2 spiro atoms. The number of hydrogen-bond donors (Lipinski definition) is 3. The van der Waals surface area contributed by atoms with Crippen LogP contribution in [-0.4, -0.2) is 96.6 Å². The Labute approximate surface area is 273 Å². The fraction of sp³-hybridized carbons (Fsp3) is 0.571. The normalized spacial score (nSPS) is 27.0. The van der Waals surface area contributed by atoms with Gasteiger partial charge in [0.15, 0.2) is 35.0 Å². The molecule has 1 unspecified atom stereocenters. The Balaban J connectivity index is 0.859. The van der Waals surface area contributed by atoms with Crippen LogP contribution < -0.4 is 24.3 Å². The summed E-state index contributed by atoms with van der Waals surface area (Å²) in [5, 5.41) is 25.2. The van der Waals surface area contributed by atoms with Gasteiger partial charge in [-0.2, -0.15) is 0 Å². The number of aliphatic hydroxyl groups excluding tert-OH is 1. The molecule has 250 valence electrons. The van der Waals surface area contributed by atoms with Gasteiger partial charge in [-0.3, -0.25) is 14.6 Å². The van der Waals surface area contributed by atoms with Crippen molar-refractivity contribution in [2.45, 2.75) is 75.8 Å². The predicted molar refractivity (Wildman–Crippen MR) is 172 cm³/mol. The SMILES string of the molecule is COc1cc2c(cc1OCCCCCOc1cc3c(cc1OC)C(=O)N1CC4(CC4)C[C@@]1(O)C(O)N3)N=C[C@@H]1CC3(CC3)CN1C2=O. The molecule has 12 heteroatoms. The average molecular weight is 647 g/mol. The number of aliphatic hydroxyl groups is 2. The number of hydrogen-bond acceptors (Lipinski definition) is 10. The van der Waals surface area contributed by atoms with E-state index in [2.05, 4.69) is 10.3 Å². The first-order valence-corrected chi connectivity index (χ1v) is 16.7. The third-order valence-corrected chi connectivity index (χ3v) is 11.0. The van der Waals surface area contributed by atoms with E-state index >= 15 is 0 Å². The van der Waals surface area contributed by atoms with E-state index in [-0.39, 0.29) is 23.3 Å². The monoisotopic (exact) mass is 646 g/mol. The third-order valence-electron chi connectivity index (χ3n) is 11.0. The number of anilines is 1. The first-order chi connectivity index (χ1) is 22.7. The molecule has 0 bridgehead atoms. The van der Waals surface area contributed by atoms with Gasteiger partial charge in [-0.15, -0.1) is 0 Å². The molecule has 2 aliphatic carbocycles. The molecule has 8 rings (SSSR count). The highest BCUT2D eigenvalue weighted by Gasteiger charge is 2.63. The van der Waals surface area contributed by atoms with Gasteiger partial charge in [-0.1, -0.05) is 0 Å². The maximum absolute atomic E-state index is 13.5. The number of unbranched alkanes of at least 4 members (excludes halogenated alkanes) is 2. The van der Waals surface area contributed by atoms with E-state index in [9.17, 15) is 19.8 Å². The number of aliphatic imine (C=N–C) groups is 1. The van der Waals surface area contributed by atoms with Gasteiger partial charge in [0.05, 0.1) is 56.0 Å². The van der Waals surface area contributed by atoms with Crippen molar-refractivity contribution in [2.75, 3.05) is 45.8 Å². The first kappa shape index (κ1) is 30.3. The standard InChI is InChI=1S/C35H42N4O8/c1-44-26-12-22-24(36-17-21-16-33(6-7-33)19-38(21)30(22)40)14-28(26)46-10-4-3-5-11-47-29-15-25-23(13-27(29)45-2)31(41)39-20-34(8-9-34)18-35(39,43)32(42)37-25/h12-15,17,21,32,37,42-43H,3-11,16,18-20H2,1-2H3/t21-,32?,35+/m0/s1. The summed E-state index contributed by atoms with van der Waals surface area (Å²) in [4.78, 5) is 35.0. The van der Waals surface area contributed by atoms with Gasteiger partial charge in [-0.05, 0) is 74.3 Å². The van der Waals surface area contributed by atoms with E-state index in [1.807, 2.05) is 11.1 Å². The molecule has 4 fully saturated rings. The molecule has 2 saturated heterocycles. The number of carbonyl (C=O) groups excluding carboxylic acids is 2. The van der Waals surface area contributed by atoms with Gasteiger partial charge in [0.25, 0.3) is 11.8 Å². The number of carbonyl (C=O) groups is 2. The molecule has 0 aromatic heterocycles. The maximum atomic E-state index is 13.5. The van der Waals surface area contributed by atoms with Crippen LogP contribution in [0.3, 0.4) is 0 Å². The van der Waals surface area contributed by atoms with Crippen molar-refractivity contribution >= 4 is 29.4 Å². The molecule has 2 amide bonds. The second-order valence-electron chi connectivity index (χ2n) is 14.3. The zero-order valence-electron chi connectivity index (χ0n) is 26.9. The predicted octanol–water partition coefficient (Wildman–Crippen LogP) is 4.10. The Morgan fingerprint density at radius 3 is 2.17 bits per heavy atom. The van der Waals surface area contributed by atoms with Crippen LogP contribution >= 0.6 is 0 Å². The zero-order chi connectivity index (χ0) is 32.6. The molecule has 6 aliphatic rings. The van der Waals surface area contributed by atoms with Crippen molar-refractivity contribution in [1.82, 2.24) is 9.80 Å². The van der Waals surface area contributed by atoms with Gasteiger partial charge in [-0.25, -0.2) is 0 Å². The molecular formula is C35H42N4O8. The molecule has 4 aliphatic heterocycles. The highest BCUT2D eigenvalue weighted by atomic mass is 16.5. The van der Waals surface area contributed by atoms with Crippen molar-refractivity contribution < 1.29 is 38.7 Å². The fourth-order valence-electron chi connectivity index (χ4n) is 7.87. The van der Waals surface area contributed by atoms with Crippen molar-refractivity contribution in [3.8, 4) is 23.0 Å². The second kappa shape index (κ2) is 11.0. The molecule has 12 nitrogen and oxygen atoms in total. The van der Waals surface area contributed by atoms with E-state index in [1.54, 1.807) is 31.4 Å². The van der Waals surface area contributed by atoms with E-state index in [0.717, 1.165) is 45.1 Å². The zero-order valence-corrected chi connectivity index (χ0v) is 26.9. The first-order valence-electron chi connectivity index (χ1n) is 16.7. The minimum atomic E-state index is -1.66. The number of methoxy groups -OCH3 is 2. The van der Waals surface area contributed by atoms with Crippen LogP contribution in [0, 0.1) is 10.8 Å². The smallest absolute Gasteiger partial charge is 0.258 e. The fourth-order valence-corrected chi connectivity index (χ4v) is 7.87. The van der Waals surface area contributed by atoms with E-state index < -0.39 is 12.0 Å². The summed E-state index contributed by atoms with van der Waals surface area (Å²) in [6, 6.07) is 6.87. The topological polar surface area (TPSA) is 142 Å². The lowest BCUT2D eigenvalue weighted by Gasteiger charge is -2.35. The van der Waals surface area contributed by atoms with Gasteiger partial charge in [0.2, 0.25) is 0 Å². The number of benzene rings is 2. The van der Waals surface area contributed by atoms with Crippen molar-refractivity contribution in [3.05, 3.63) is 35.4 Å². The van der Waals surface area contributed by atoms with E-state index in [4.69, 9.17) is 18.9 Å². The van der Waals surface area contributed by atoms with Crippen LogP contribution in [0.2, 0.25) is 0 Å². The van der Waals surface area contributed by atoms with E-state index in [0.29, 0.717) is 77.1 Å². The molecule has 3 N–H and O–H groups in total. The Hall–Kier alpha value is -4.03. The summed E-state index contributed by atoms with van der Waals surface area (Å²) in [6.07, 6.45) is 8.53. The van der Waals surface area contributed by atoms with Crippen molar-refractivity contribution in [1.29, 1.82) is 0 Å². The van der Waals surface area contributed by atoms with Crippen LogP contribution in [0.1, 0.15) is 78.5 Å². The number of ether oxygens (including phenoxy) is 4. The third kappa shape index (κ3) is 5.16. The molecule has 47 heavy (non-hydrogen) atoms. The summed E-state index contributed by atoms with van der Waals surface area (Å²) in [5.41, 5.74) is 0.429. The number of amides is 2. The molecular weight excluding hydrogens is 604 g/mol. The average Bonchev–Trinajstić information content (AvgIpc) is 3.95. The van der Waals surface area contributed by atoms with Crippen LogP contribution in [0.15, 0.2) is 29.3 Å². The Kier molecular flexibility index (Phi) is 7.10. The second-order valence-corrected chi connectivity index (χ2v) is 14.3. The Morgan fingerprint density at radius 2 is 1.51 bits per heavy atom. The largest absolute Gasteiger partial charge is 0.493 e. The lowest BCUT2D eigenvalue weighted by molar-refractivity contribution is -0.131. The summed E-state index contributed by atoms with van der Waals surface area (Å²) < 4.78 is 23.3. The van der Waals surface area contributed by atoms with E-state index in [1.165, 1.54) is 24.9 Å². The highest BCUT2D eigenvalue weighted by molar-refractivity contribution is 6.04. The summed E-state index contributed by atoms with van der Waals surface area (Å²) in [6.45, 7) is 2.09. The quantitative estimate of drug-likeness (QED) is 0.325. The Morgan fingerprint density at radius 1 is 0.851 bits per heavy atom. The van der Waals surface area contributed by atoms with Gasteiger partial charge >= 0.3 is 0 Å². The lowest BCUT2D eigenvalue weighted by atomic mass is 9.99. The Bertz CT molecular complexity index is 1650. The van der Waals surface area contributed by atoms with Gasteiger partial charge in [0, 0.05) is 37.9 Å². The van der Waals surface area contributed by atoms with Crippen molar-refractivity contribution in [2.24, 2.45) is 15.8 Å². The van der Waals surface area contributed by atoms with Crippen molar-refractivity contribution in [3.63, 3.8) is 0 Å². The summed E-state index contributed by atoms with van der Waals surface area (Å²) in [5.74, 6) is 1.60. The number of nitrogens with zero attached hydrogens (tertiary/aromatic N) is 3. The minimum Gasteiger partial charge on any atom is -0.493 e. The summed E-state index contributed by atoms with van der Waals surface area (Å²) in [7, 11) is 3.09. The molecule has 0 radical (unpaired) electrons. The molecule has 2 aromatic rings. The molecule has 2 aromatic carbocycles.